The van der Waals surface area contributed by atoms with Crippen LogP contribution in [0.4, 0.5) is 0 Å². The molecule has 0 aliphatic rings. The first kappa shape index (κ1) is 16.9. The second kappa shape index (κ2) is 7.06. The summed E-state index contributed by atoms with van der Waals surface area (Å²) in [7, 11) is 0. The first-order valence-corrected chi connectivity index (χ1v) is 6.87. The smallest absolute Gasteiger partial charge is 0.328 e. The van der Waals surface area contributed by atoms with Crippen molar-refractivity contribution in [3.8, 4) is 0 Å². The third kappa shape index (κ3) is 6.25. The number of aromatic nitrogens is 1. The van der Waals surface area contributed by atoms with Crippen LogP contribution < -0.4 is 10.9 Å². The number of ether oxygens (including phenoxy) is 1. The van der Waals surface area contributed by atoms with Crippen LogP contribution in [0.2, 0.25) is 0 Å². The van der Waals surface area contributed by atoms with Gasteiger partial charge in [-0.05, 0) is 33.8 Å². The Kier molecular flexibility index (Phi) is 5.69. The number of esters is 1. The van der Waals surface area contributed by atoms with E-state index in [0.717, 1.165) is 0 Å². The van der Waals surface area contributed by atoms with Gasteiger partial charge in [0, 0.05) is 25.2 Å². The number of hydrogen-bond acceptors (Lipinski definition) is 4. The Morgan fingerprint density at radius 3 is 2.57 bits per heavy atom. The molecule has 1 N–H and O–H groups in total. The maximum atomic E-state index is 11.8. The van der Waals surface area contributed by atoms with Gasteiger partial charge in [0.25, 0.3) is 5.56 Å². The molecule has 0 radical (unpaired) electrons. The molecular weight excluding hydrogens is 272 g/mol. The van der Waals surface area contributed by atoms with Crippen LogP contribution in [0.15, 0.2) is 29.2 Å². The summed E-state index contributed by atoms with van der Waals surface area (Å²) in [5.41, 5.74) is -0.751. The van der Waals surface area contributed by atoms with Gasteiger partial charge in [0.2, 0.25) is 5.91 Å². The summed E-state index contributed by atoms with van der Waals surface area (Å²) in [4.78, 5) is 35.0. The molecule has 0 saturated carbocycles. The van der Waals surface area contributed by atoms with Crippen molar-refractivity contribution in [3.63, 3.8) is 0 Å². The summed E-state index contributed by atoms with van der Waals surface area (Å²) >= 11 is 0. The molecule has 6 heteroatoms. The molecule has 0 bridgehead atoms. The lowest BCUT2D eigenvalue weighted by Crippen LogP contribution is -2.42. The average molecular weight is 294 g/mol. The molecule has 1 aromatic rings. The van der Waals surface area contributed by atoms with E-state index in [4.69, 9.17) is 4.74 Å². The highest BCUT2D eigenvalue weighted by molar-refractivity contribution is 5.84. The third-order valence-corrected chi connectivity index (χ3v) is 2.62. The number of hydrogen-bond donors (Lipinski definition) is 1. The molecule has 6 nitrogen and oxygen atoms in total. The van der Waals surface area contributed by atoms with Gasteiger partial charge >= 0.3 is 5.97 Å². The number of carbonyl (C=O) groups excluding carboxylic acids is 2. The minimum absolute atomic E-state index is 0.122. The van der Waals surface area contributed by atoms with Crippen LogP contribution in [-0.4, -0.2) is 28.1 Å². The molecule has 0 unspecified atom stereocenters. The maximum absolute atomic E-state index is 11.8. The Labute approximate surface area is 124 Å². The van der Waals surface area contributed by atoms with E-state index in [1.807, 2.05) is 0 Å². The third-order valence-electron chi connectivity index (χ3n) is 2.62. The van der Waals surface area contributed by atoms with Crippen LogP contribution in [0, 0.1) is 0 Å². The van der Waals surface area contributed by atoms with Crippen LogP contribution in [0.25, 0.3) is 0 Å². The Balaban J connectivity index is 2.45. The summed E-state index contributed by atoms with van der Waals surface area (Å²) in [6.45, 7) is 7.14. The summed E-state index contributed by atoms with van der Waals surface area (Å²) < 4.78 is 6.62. The molecule has 0 aromatic carbocycles. The molecule has 21 heavy (non-hydrogen) atoms. The number of carbonyl (C=O) groups is 2. The van der Waals surface area contributed by atoms with E-state index in [0.29, 0.717) is 0 Å². The van der Waals surface area contributed by atoms with Crippen LogP contribution in [0.3, 0.4) is 0 Å². The fourth-order valence-corrected chi connectivity index (χ4v) is 1.63. The first-order valence-electron chi connectivity index (χ1n) is 6.87. The Hall–Kier alpha value is -2.11. The Bertz CT molecular complexity index is 557. The van der Waals surface area contributed by atoms with Gasteiger partial charge in [-0.15, -0.1) is 0 Å². The second-order valence-corrected chi connectivity index (χ2v) is 5.80. The summed E-state index contributed by atoms with van der Waals surface area (Å²) in [5.74, 6) is -0.781. The normalized spacial score (nSPS) is 12.6. The van der Waals surface area contributed by atoms with Crippen molar-refractivity contribution < 1.29 is 14.3 Å². The molecule has 1 heterocycles. The summed E-state index contributed by atoms with van der Waals surface area (Å²) in [6, 6.07) is 4.08. The Morgan fingerprint density at radius 2 is 2.00 bits per heavy atom. The van der Waals surface area contributed by atoms with Crippen LogP contribution in [0.5, 0.6) is 0 Å². The largest absolute Gasteiger partial charge is 0.458 e. The molecule has 0 spiro atoms. The van der Waals surface area contributed by atoms with Crippen molar-refractivity contribution >= 4 is 11.9 Å². The predicted octanol–water partition coefficient (Wildman–Crippen LogP) is 1.08. The standard InChI is InChI=1S/C15H22N2O4/c1-11(14(20)21-15(2,3)4)16-12(18)8-10-17-9-6-5-7-13(17)19/h5-7,9,11H,8,10H2,1-4H3,(H,16,18)/t11-/m0/s1. The zero-order valence-corrected chi connectivity index (χ0v) is 12.9. The molecule has 1 rings (SSSR count). The van der Waals surface area contributed by atoms with E-state index in [1.54, 1.807) is 46.0 Å². The first-order chi connectivity index (χ1) is 9.69. The monoisotopic (exact) mass is 294 g/mol. The van der Waals surface area contributed by atoms with Crippen LogP contribution in [-0.2, 0) is 20.9 Å². The number of amides is 1. The number of aryl methyl sites for hydroxylation is 1. The van der Waals surface area contributed by atoms with Gasteiger partial charge in [0.1, 0.15) is 11.6 Å². The van der Waals surface area contributed by atoms with Gasteiger partial charge in [-0.25, -0.2) is 4.79 Å². The fourth-order valence-electron chi connectivity index (χ4n) is 1.63. The highest BCUT2D eigenvalue weighted by Gasteiger charge is 2.22. The lowest BCUT2D eigenvalue weighted by molar-refractivity contribution is -0.158. The van der Waals surface area contributed by atoms with Gasteiger partial charge < -0.3 is 14.6 Å². The van der Waals surface area contributed by atoms with Gasteiger partial charge in [-0.3, -0.25) is 9.59 Å². The summed E-state index contributed by atoms with van der Waals surface area (Å²) in [5, 5.41) is 2.56. The van der Waals surface area contributed by atoms with E-state index in [1.165, 1.54) is 10.6 Å². The van der Waals surface area contributed by atoms with Crippen LogP contribution >= 0.6 is 0 Å². The molecule has 1 atom stereocenters. The molecular formula is C15H22N2O4. The molecule has 116 valence electrons. The van der Waals surface area contributed by atoms with Gasteiger partial charge in [-0.1, -0.05) is 6.07 Å². The van der Waals surface area contributed by atoms with Crippen molar-refractivity contribution in [2.75, 3.05) is 0 Å². The van der Waals surface area contributed by atoms with E-state index >= 15 is 0 Å². The molecule has 1 amide bonds. The van der Waals surface area contributed by atoms with E-state index in [2.05, 4.69) is 5.32 Å². The number of nitrogens with zero attached hydrogens (tertiary/aromatic N) is 1. The zero-order chi connectivity index (χ0) is 16.0. The van der Waals surface area contributed by atoms with E-state index < -0.39 is 17.6 Å². The van der Waals surface area contributed by atoms with Crippen molar-refractivity contribution in [2.45, 2.75) is 52.3 Å². The molecule has 0 fully saturated rings. The number of pyridine rings is 1. The minimum atomic E-state index is -0.718. The van der Waals surface area contributed by atoms with Crippen LogP contribution in [0.1, 0.15) is 34.1 Å². The van der Waals surface area contributed by atoms with Crippen molar-refractivity contribution in [1.29, 1.82) is 0 Å². The van der Waals surface area contributed by atoms with E-state index in [-0.39, 0.29) is 24.4 Å². The number of rotatable bonds is 5. The van der Waals surface area contributed by atoms with Crippen molar-refractivity contribution in [2.24, 2.45) is 0 Å². The van der Waals surface area contributed by atoms with Crippen molar-refractivity contribution in [1.82, 2.24) is 9.88 Å². The molecule has 1 aromatic heterocycles. The topological polar surface area (TPSA) is 77.4 Å². The van der Waals surface area contributed by atoms with E-state index in [9.17, 15) is 14.4 Å². The van der Waals surface area contributed by atoms with Gasteiger partial charge in [0.15, 0.2) is 0 Å². The average Bonchev–Trinajstić information content (AvgIpc) is 2.35. The lowest BCUT2D eigenvalue weighted by atomic mass is 10.2. The highest BCUT2D eigenvalue weighted by atomic mass is 16.6. The summed E-state index contributed by atoms with van der Waals surface area (Å²) in [6.07, 6.45) is 1.74. The maximum Gasteiger partial charge on any atom is 0.328 e. The SMILES string of the molecule is C[C@H](NC(=O)CCn1ccccc1=O)C(=O)OC(C)(C)C. The molecule has 0 aliphatic carbocycles. The minimum Gasteiger partial charge on any atom is -0.458 e. The Morgan fingerprint density at radius 1 is 1.33 bits per heavy atom. The zero-order valence-electron chi connectivity index (χ0n) is 12.9. The van der Waals surface area contributed by atoms with Crippen molar-refractivity contribution in [3.05, 3.63) is 34.7 Å². The molecule has 0 aliphatic heterocycles. The lowest BCUT2D eigenvalue weighted by Gasteiger charge is -2.22. The predicted molar refractivity (Wildman–Crippen MR) is 78.8 cm³/mol. The highest BCUT2D eigenvalue weighted by Crippen LogP contribution is 2.08. The number of nitrogens with one attached hydrogen (secondary N) is 1. The fraction of sp³-hybridized carbons (Fsp3) is 0.533. The van der Waals surface area contributed by atoms with Gasteiger partial charge in [-0.2, -0.15) is 0 Å². The second-order valence-electron chi connectivity index (χ2n) is 5.80. The molecule has 0 saturated heterocycles. The van der Waals surface area contributed by atoms with Gasteiger partial charge in [0.05, 0.1) is 0 Å². The quantitative estimate of drug-likeness (QED) is 0.825.